The van der Waals surface area contributed by atoms with Gasteiger partial charge in [-0.05, 0) is 37.3 Å². The van der Waals surface area contributed by atoms with Crippen LogP contribution in [0.15, 0.2) is 48.5 Å². The van der Waals surface area contributed by atoms with Gasteiger partial charge in [-0.2, -0.15) is 0 Å². The van der Waals surface area contributed by atoms with Gasteiger partial charge in [0.05, 0.1) is 22.9 Å². The van der Waals surface area contributed by atoms with E-state index in [1.165, 1.54) is 24.3 Å². The molecule has 0 fully saturated rings. The van der Waals surface area contributed by atoms with Gasteiger partial charge >= 0.3 is 5.97 Å². The van der Waals surface area contributed by atoms with Crippen molar-refractivity contribution in [2.45, 2.75) is 6.92 Å². The number of hydrogen-bond donors (Lipinski definition) is 1. The van der Waals surface area contributed by atoms with Crippen LogP contribution >= 0.6 is 11.6 Å². The van der Waals surface area contributed by atoms with E-state index in [1.807, 2.05) is 0 Å². The number of carbonyl (C=O) groups excluding carboxylic acids is 2. The van der Waals surface area contributed by atoms with Crippen molar-refractivity contribution in [3.05, 3.63) is 70.5 Å². The Morgan fingerprint density at radius 2 is 1.96 bits per heavy atom. The third-order valence-electron chi connectivity index (χ3n) is 3.08. The van der Waals surface area contributed by atoms with E-state index in [-0.39, 0.29) is 22.8 Å². The molecule has 0 aliphatic heterocycles. The molecule has 0 atom stereocenters. The van der Waals surface area contributed by atoms with E-state index in [1.54, 1.807) is 31.2 Å². The SMILES string of the molecule is CCOC(=O)c1ccccc1NC(=O)C=Cc1c(F)cccc1Cl. The van der Waals surface area contributed by atoms with E-state index >= 15 is 0 Å². The van der Waals surface area contributed by atoms with Crippen molar-refractivity contribution >= 4 is 35.2 Å². The average molecular weight is 348 g/mol. The van der Waals surface area contributed by atoms with Crippen LogP contribution in [0, 0.1) is 5.82 Å². The number of halogens is 2. The monoisotopic (exact) mass is 347 g/mol. The summed E-state index contributed by atoms with van der Waals surface area (Å²) >= 11 is 5.89. The summed E-state index contributed by atoms with van der Waals surface area (Å²) in [5, 5.41) is 2.77. The maximum Gasteiger partial charge on any atom is 0.340 e. The van der Waals surface area contributed by atoms with Crippen molar-refractivity contribution < 1.29 is 18.7 Å². The maximum atomic E-state index is 13.7. The average Bonchev–Trinajstić information content (AvgIpc) is 2.55. The second-order valence-electron chi connectivity index (χ2n) is 4.72. The number of nitrogens with one attached hydrogen (secondary N) is 1. The molecule has 2 aromatic carbocycles. The van der Waals surface area contributed by atoms with Gasteiger partial charge in [-0.15, -0.1) is 0 Å². The number of anilines is 1. The lowest BCUT2D eigenvalue weighted by Gasteiger charge is -2.08. The van der Waals surface area contributed by atoms with E-state index < -0.39 is 17.7 Å². The lowest BCUT2D eigenvalue weighted by Crippen LogP contribution is -2.13. The molecule has 0 bridgehead atoms. The fraction of sp³-hybridized carbons (Fsp3) is 0.111. The van der Waals surface area contributed by atoms with Gasteiger partial charge in [-0.3, -0.25) is 4.79 Å². The third-order valence-corrected chi connectivity index (χ3v) is 3.41. The summed E-state index contributed by atoms with van der Waals surface area (Å²) in [5.41, 5.74) is 0.670. The van der Waals surface area contributed by atoms with Gasteiger partial charge in [0.1, 0.15) is 5.82 Å². The molecular weight excluding hydrogens is 333 g/mol. The molecule has 24 heavy (non-hydrogen) atoms. The summed E-state index contributed by atoms with van der Waals surface area (Å²) in [6.45, 7) is 1.92. The van der Waals surface area contributed by atoms with Crippen LogP contribution in [-0.2, 0) is 9.53 Å². The standard InChI is InChI=1S/C18H15ClFNO3/c1-2-24-18(23)13-6-3-4-9-16(13)21-17(22)11-10-12-14(19)7-5-8-15(12)20/h3-11H,2H2,1H3,(H,21,22). The third kappa shape index (κ3) is 4.43. The summed E-state index contributed by atoms with van der Waals surface area (Å²) in [6, 6.07) is 10.7. The first-order valence-corrected chi connectivity index (χ1v) is 7.60. The molecule has 0 saturated carbocycles. The summed E-state index contributed by atoms with van der Waals surface area (Å²) in [5.74, 6) is -1.58. The number of rotatable bonds is 5. The van der Waals surface area contributed by atoms with Crippen LogP contribution in [0.3, 0.4) is 0 Å². The zero-order valence-corrected chi connectivity index (χ0v) is 13.6. The fourth-order valence-corrected chi connectivity index (χ4v) is 2.21. The molecule has 0 aromatic heterocycles. The predicted octanol–water partition coefficient (Wildman–Crippen LogP) is 4.31. The van der Waals surface area contributed by atoms with Gasteiger partial charge in [0, 0.05) is 11.6 Å². The summed E-state index contributed by atoms with van der Waals surface area (Å²) < 4.78 is 18.6. The topological polar surface area (TPSA) is 55.4 Å². The minimum atomic E-state index is -0.533. The van der Waals surface area contributed by atoms with Crippen molar-refractivity contribution in [2.75, 3.05) is 11.9 Å². The van der Waals surface area contributed by atoms with Crippen LogP contribution in [0.5, 0.6) is 0 Å². The normalized spacial score (nSPS) is 10.6. The molecule has 0 heterocycles. The number of amides is 1. The number of esters is 1. The highest BCUT2D eigenvalue weighted by Crippen LogP contribution is 2.21. The summed E-state index contributed by atoms with van der Waals surface area (Å²) in [6.07, 6.45) is 2.42. The number of ether oxygens (including phenoxy) is 1. The Morgan fingerprint density at radius 1 is 1.21 bits per heavy atom. The molecule has 0 unspecified atom stereocenters. The first-order valence-electron chi connectivity index (χ1n) is 7.22. The molecule has 2 aromatic rings. The highest BCUT2D eigenvalue weighted by Gasteiger charge is 2.13. The fourth-order valence-electron chi connectivity index (χ4n) is 1.98. The minimum Gasteiger partial charge on any atom is -0.462 e. The molecule has 1 N–H and O–H groups in total. The van der Waals surface area contributed by atoms with Crippen molar-refractivity contribution in [1.29, 1.82) is 0 Å². The quantitative estimate of drug-likeness (QED) is 0.647. The Bertz CT molecular complexity index is 769. The predicted molar refractivity (Wildman–Crippen MR) is 91.5 cm³/mol. The number of hydrogen-bond acceptors (Lipinski definition) is 3. The van der Waals surface area contributed by atoms with Crippen LogP contribution in [0.2, 0.25) is 5.02 Å². The Balaban J connectivity index is 2.16. The van der Waals surface area contributed by atoms with E-state index in [2.05, 4.69) is 5.32 Å². The highest BCUT2D eigenvalue weighted by molar-refractivity contribution is 6.32. The molecule has 6 heteroatoms. The summed E-state index contributed by atoms with van der Waals surface area (Å²) in [4.78, 5) is 23.9. The highest BCUT2D eigenvalue weighted by atomic mass is 35.5. The van der Waals surface area contributed by atoms with Crippen molar-refractivity contribution in [1.82, 2.24) is 0 Å². The Morgan fingerprint density at radius 3 is 2.67 bits per heavy atom. The number of benzene rings is 2. The lowest BCUT2D eigenvalue weighted by atomic mass is 10.1. The van der Waals surface area contributed by atoms with Crippen LogP contribution in [0.25, 0.3) is 6.08 Å². The molecule has 2 rings (SSSR count). The zero-order valence-electron chi connectivity index (χ0n) is 12.9. The van der Waals surface area contributed by atoms with Crippen molar-refractivity contribution in [2.24, 2.45) is 0 Å². The van der Waals surface area contributed by atoms with E-state index in [4.69, 9.17) is 16.3 Å². The van der Waals surface area contributed by atoms with Gasteiger partial charge in [-0.1, -0.05) is 29.8 Å². The smallest absolute Gasteiger partial charge is 0.340 e. The minimum absolute atomic E-state index is 0.119. The Kier molecular flexibility index (Phi) is 6.09. The molecule has 124 valence electrons. The summed E-state index contributed by atoms with van der Waals surface area (Å²) in [7, 11) is 0. The largest absolute Gasteiger partial charge is 0.462 e. The van der Waals surface area contributed by atoms with Crippen molar-refractivity contribution in [3.8, 4) is 0 Å². The Labute approximate surface area is 143 Å². The number of carbonyl (C=O) groups is 2. The molecule has 0 aliphatic carbocycles. The van der Waals surface area contributed by atoms with E-state index in [9.17, 15) is 14.0 Å². The van der Waals surface area contributed by atoms with E-state index in [0.717, 1.165) is 6.08 Å². The maximum absolute atomic E-state index is 13.7. The van der Waals surface area contributed by atoms with Gasteiger partial charge in [0.25, 0.3) is 0 Å². The first kappa shape index (κ1) is 17.7. The molecule has 0 saturated heterocycles. The molecular formula is C18H15ClFNO3. The van der Waals surface area contributed by atoms with Crippen molar-refractivity contribution in [3.63, 3.8) is 0 Å². The van der Waals surface area contributed by atoms with E-state index in [0.29, 0.717) is 5.69 Å². The molecule has 0 aliphatic rings. The number of para-hydroxylation sites is 1. The van der Waals surface area contributed by atoms with Gasteiger partial charge in [0.2, 0.25) is 5.91 Å². The molecule has 1 amide bonds. The van der Waals surface area contributed by atoms with Crippen LogP contribution < -0.4 is 5.32 Å². The van der Waals surface area contributed by atoms with Gasteiger partial charge in [-0.25, -0.2) is 9.18 Å². The van der Waals surface area contributed by atoms with Crippen LogP contribution in [0.1, 0.15) is 22.8 Å². The zero-order chi connectivity index (χ0) is 17.5. The van der Waals surface area contributed by atoms with Gasteiger partial charge < -0.3 is 10.1 Å². The molecule has 0 radical (unpaired) electrons. The Hall–Kier alpha value is -2.66. The molecule has 0 spiro atoms. The second-order valence-corrected chi connectivity index (χ2v) is 5.13. The van der Waals surface area contributed by atoms with Crippen LogP contribution in [0.4, 0.5) is 10.1 Å². The molecule has 4 nitrogen and oxygen atoms in total. The first-order chi connectivity index (χ1) is 11.5. The van der Waals surface area contributed by atoms with Crippen LogP contribution in [-0.4, -0.2) is 18.5 Å². The lowest BCUT2D eigenvalue weighted by molar-refractivity contribution is -0.111. The van der Waals surface area contributed by atoms with Gasteiger partial charge in [0.15, 0.2) is 0 Å². The second kappa shape index (κ2) is 8.26.